The summed E-state index contributed by atoms with van der Waals surface area (Å²) in [4.78, 5) is 26.2. The fourth-order valence-corrected chi connectivity index (χ4v) is 3.23. The van der Waals surface area contributed by atoms with E-state index < -0.39 is 11.9 Å². The van der Waals surface area contributed by atoms with Gasteiger partial charge in [-0.25, -0.2) is 4.79 Å². The maximum atomic E-state index is 12.0. The molecule has 0 aliphatic carbocycles. The minimum Gasteiger partial charge on any atom is -0.493 e. The average Bonchev–Trinajstić information content (AvgIpc) is 3.31. The van der Waals surface area contributed by atoms with E-state index in [0.717, 1.165) is 24.3 Å². The molecular formula is C23H26N2O5. The lowest BCUT2D eigenvalue weighted by Gasteiger charge is -2.17. The largest absolute Gasteiger partial charge is 0.493 e. The van der Waals surface area contributed by atoms with E-state index in [1.807, 2.05) is 24.3 Å². The van der Waals surface area contributed by atoms with E-state index >= 15 is 0 Å². The maximum Gasteiger partial charge on any atom is 0.331 e. The summed E-state index contributed by atoms with van der Waals surface area (Å²) in [5.41, 5.74) is 2.56. The van der Waals surface area contributed by atoms with Crippen molar-refractivity contribution in [2.24, 2.45) is 0 Å². The SMILES string of the molecule is COc1ccc(/C=C/C(=O)OCC(=O)Nc2ccc(N3CCCC3)cc2)cc1OC. The molecule has 0 bridgehead atoms. The van der Waals surface area contributed by atoms with Crippen LogP contribution in [-0.2, 0) is 14.3 Å². The van der Waals surface area contributed by atoms with E-state index in [1.54, 1.807) is 31.4 Å². The zero-order valence-electron chi connectivity index (χ0n) is 17.2. The van der Waals surface area contributed by atoms with Crippen LogP contribution in [0, 0.1) is 0 Å². The highest BCUT2D eigenvalue weighted by atomic mass is 16.5. The molecule has 0 saturated carbocycles. The fourth-order valence-electron chi connectivity index (χ4n) is 3.23. The number of hydrogen-bond donors (Lipinski definition) is 1. The molecule has 7 nitrogen and oxygen atoms in total. The molecule has 1 aliphatic heterocycles. The molecule has 30 heavy (non-hydrogen) atoms. The van der Waals surface area contributed by atoms with Gasteiger partial charge in [0.2, 0.25) is 0 Å². The van der Waals surface area contributed by atoms with Crippen molar-refractivity contribution in [2.45, 2.75) is 12.8 Å². The van der Waals surface area contributed by atoms with E-state index in [0.29, 0.717) is 17.2 Å². The van der Waals surface area contributed by atoms with Gasteiger partial charge in [-0.2, -0.15) is 0 Å². The first-order valence-corrected chi connectivity index (χ1v) is 9.81. The van der Waals surface area contributed by atoms with Gasteiger partial charge in [0.25, 0.3) is 5.91 Å². The second-order valence-corrected chi connectivity index (χ2v) is 6.84. The van der Waals surface area contributed by atoms with Gasteiger partial charge >= 0.3 is 5.97 Å². The Balaban J connectivity index is 1.46. The second-order valence-electron chi connectivity index (χ2n) is 6.84. The van der Waals surface area contributed by atoms with Crippen LogP contribution in [-0.4, -0.2) is 45.8 Å². The van der Waals surface area contributed by atoms with Crippen LogP contribution in [0.5, 0.6) is 11.5 Å². The smallest absolute Gasteiger partial charge is 0.331 e. The first kappa shape index (κ1) is 21.2. The zero-order valence-corrected chi connectivity index (χ0v) is 17.2. The van der Waals surface area contributed by atoms with Crippen molar-refractivity contribution >= 4 is 29.3 Å². The molecule has 1 saturated heterocycles. The fraction of sp³-hybridized carbons (Fsp3) is 0.304. The number of amides is 1. The molecule has 1 N–H and O–H groups in total. The molecule has 0 aromatic heterocycles. The van der Waals surface area contributed by atoms with Crippen molar-refractivity contribution in [2.75, 3.05) is 44.1 Å². The number of rotatable bonds is 8. The van der Waals surface area contributed by atoms with Gasteiger partial charge in [0.15, 0.2) is 18.1 Å². The van der Waals surface area contributed by atoms with E-state index in [2.05, 4.69) is 10.2 Å². The molecule has 1 amide bonds. The van der Waals surface area contributed by atoms with Crippen LogP contribution in [0.25, 0.3) is 6.08 Å². The summed E-state index contributed by atoms with van der Waals surface area (Å²) >= 11 is 0. The minimum atomic E-state index is -0.607. The third-order valence-corrected chi connectivity index (χ3v) is 4.79. The Morgan fingerprint density at radius 1 is 1.00 bits per heavy atom. The van der Waals surface area contributed by atoms with Gasteiger partial charge in [0, 0.05) is 30.5 Å². The highest BCUT2D eigenvalue weighted by molar-refractivity contribution is 5.94. The molecule has 1 heterocycles. The van der Waals surface area contributed by atoms with Crippen molar-refractivity contribution < 1.29 is 23.8 Å². The lowest BCUT2D eigenvalue weighted by Crippen LogP contribution is -2.20. The van der Waals surface area contributed by atoms with Gasteiger partial charge in [-0.15, -0.1) is 0 Å². The first-order valence-electron chi connectivity index (χ1n) is 9.81. The summed E-state index contributed by atoms with van der Waals surface area (Å²) in [6, 6.07) is 12.9. The first-order chi connectivity index (χ1) is 14.6. The molecular weight excluding hydrogens is 384 g/mol. The minimum absolute atomic E-state index is 0.358. The Morgan fingerprint density at radius 2 is 1.70 bits per heavy atom. The van der Waals surface area contributed by atoms with Crippen LogP contribution < -0.4 is 19.7 Å². The molecule has 1 fully saturated rings. The molecule has 0 unspecified atom stereocenters. The summed E-state index contributed by atoms with van der Waals surface area (Å²) in [7, 11) is 3.09. The Morgan fingerprint density at radius 3 is 2.37 bits per heavy atom. The Hall–Kier alpha value is -3.48. The predicted molar refractivity (Wildman–Crippen MR) is 116 cm³/mol. The monoisotopic (exact) mass is 410 g/mol. The maximum absolute atomic E-state index is 12.0. The molecule has 0 atom stereocenters. The summed E-state index contributed by atoms with van der Waals surface area (Å²) in [6.45, 7) is 1.78. The van der Waals surface area contributed by atoms with Crippen molar-refractivity contribution in [3.05, 3.63) is 54.1 Å². The lowest BCUT2D eigenvalue weighted by atomic mass is 10.2. The quantitative estimate of drug-likeness (QED) is 0.530. The van der Waals surface area contributed by atoms with Gasteiger partial charge < -0.3 is 24.4 Å². The number of hydrogen-bond acceptors (Lipinski definition) is 6. The zero-order chi connectivity index (χ0) is 21.3. The van der Waals surface area contributed by atoms with E-state index in [4.69, 9.17) is 14.2 Å². The van der Waals surface area contributed by atoms with Crippen molar-refractivity contribution in [3.8, 4) is 11.5 Å². The summed E-state index contributed by atoms with van der Waals surface area (Å²) < 4.78 is 15.4. The van der Waals surface area contributed by atoms with Crippen LogP contribution >= 0.6 is 0 Å². The standard InChI is InChI=1S/C23H26N2O5/c1-28-20-11-5-17(15-21(20)29-2)6-12-23(27)30-16-22(26)24-18-7-9-19(10-8-18)25-13-3-4-14-25/h5-12,15H,3-4,13-14,16H2,1-2H3,(H,24,26)/b12-6+. The van der Waals surface area contributed by atoms with Crippen molar-refractivity contribution in [3.63, 3.8) is 0 Å². The van der Waals surface area contributed by atoms with E-state index in [1.165, 1.54) is 26.0 Å². The van der Waals surface area contributed by atoms with E-state index in [9.17, 15) is 9.59 Å². The third-order valence-electron chi connectivity index (χ3n) is 4.79. The number of anilines is 2. The summed E-state index contributed by atoms with van der Waals surface area (Å²) in [5, 5.41) is 2.73. The Bertz CT molecular complexity index is 902. The molecule has 1 aliphatic rings. The van der Waals surface area contributed by atoms with Crippen LogP contribution in [0.1, 0.15) is 18.4 Å². The number of carbonyl (C=O) groups is 2. The number of nitrogens with one attached hydrogen (secondary N) is 1. The molecule has 0 spiro atoms. The van der Waals surface area contributed by atoms with Gasteiger partial charge in [0.1, 0.15) is 0 Å². The van der Waals surface area contributed by atoms with Gasteiger partial charge in [-0.1, -0.05) is 6.07 Å². The third kappa shape index (κ3) is 5.76. The van der Waals surface area contributed by atoms with E-state index in [-0.39, 0.29) is 6.61 Å². The van der Waals surface area contributed by atoms with Crippen LogP contribution in [0.15, 0.2) is 48.5 Å². The van der Waals surface area contributed by atoms with Crippen LogP contribution in [0.3, 0.4) is 0 Å². The highest BCUT2D eigenvalue weighted by Gasteiger charge is 2.12. The number of nitrogens with zero attached hydrogens (tertiary/aromatic N) is 1. The number of esters is 1. The summed E-state index contributed by atoms with van der Waals surface area (Å²) in [5.74, 6) is 0.159. The molecule has 3 rings (SSSR count). The lowest BCUT2D eigenvalue weighted by molar-refractivity contribution is -0.142. The number of benzene rings is 2. The van der Waals surface area contributed by atoms with Crippen LogP contribution in [0.4, 0.5) is 11.4 Å². The molecule has 0 radical (unpaired) electrons. The molecule has 158 valence electrons. The van der Waals surface area contributed by atoms with Crippen molar-refractivity contribution in [1.29, 1.82) is 0 Å². The predicted octanol–water partition coefficient (Wildman–Crippen LogP) is 3.50. The van der Waals surface area contributed by atoms with Crippen molar-refractivity contribution in [1.82, 2.24) is 0 Å². The highest BCUT2D eigenvalue weighted by Crippen LogP contribution is 2.28. The number of carbonyl (C=O) groups excluding carboxylic acids is 2. The second kappa shape index (κ2) is 10.3. The number of ether oxygens (including phenoxy) is 3. The van der Waals surface area contributed by atoms with Gasteiger partial charge in [-0.3, -0.25) is 4.79 Å². The Labute approximate surface area is 176 Å². The van der Waals surface area contributed by atoms with Gasteiger partial charge in [-0.05, 0) is 60.9 Å². The topological polar surface area (TPSA) is 77.1 Å². The molecule has 2 aromatic rings. The number of methoxy groups -OCH3 is 2. The summed E-state index contributed by atoms with van der Waals surface area (Å²) in [6.07, 6.45) is 5.27. The normalized spacial score (nSPS) is 13.3. The van der Waals surface area contributed by atoms with Crippen LogP contribution in [0.2, 0.25) is 0 Å². The average molecular weight is 410 g/mol. The van der Waals surface area contributed by atoms with Gasteiger partial charge in [0.05, 0.1) is 14.2 Å². The molecule has 2 aromatic carbocycles. The Kier molecular flexibility index (Phi) is 7.32. The molecule has 7 heteroatoms.